The summed E-state index contributed by atoms with van der Waals surface area (Å²) in [6, 6.07) is 0. The van der Waals surface area contributed by atoms with Crippen molar-refractivity contribution in [2.45, 2.75) is 56.4 Å². The molecule has 0 aromatic heterocycles. The van der Waals surface area contributed by atoms with Crippen molar-refractivity contribution in [1.82, 2.24) is 10.2 Å². The summed E-state index contributed by atoms with van der Waals surface area (Å²) < 4.78 is 31.6. The van der Waals surface area contributed by atoms with E-state index in [9.17, 15) is 18.4 Å². The fourth-order valence-corrected chi connectivity index (χ4v) is 3.83. The van der Waals surface area contributed by atoms with Crippen LogP contribution in [0.1, 0.15) is 44.9 Å². The van der Waals surface area contributed by atoms with Gasteiger partial charge in [0.25, 0.3) is 0 Å². The highest BCUT2D eigenvalue weighted by Crippen LogP contribution is 2.39. The summed E-state index contributed by atoms with van der Waals surface area (Å²) in [4.78, 5) is 26.6. The first kappa shape index (κ1) is 18.1. The molecule has 7 heteroatoms. The SMILES string of the molecule is CNC(=O)C1(COC)CCCN1C(=O)CC1CCC(F)(F)CC1. The van der Waals surface area contributed by atoms with E-state index >= 15 is 0 Å². The third-order valence-electron chi connectivity index (χ3n) is 5.12. The van der Waals surface area contributed by atoms with Crippen LogP contribution in [0.5, 0.6) is 0 Å². The number of likely N-dealkylation sites (N-methyl/N-ethyl adjacent to an activating group) is 1. The Balaban J connectivity index is 2.03. The molecule has 1 saturated carbocycles. The van der Waals surface area contributed by atoms with E-state index < -0.39 is 11.5 Å². The highest BCUT2D eigenvalue weighted by molar-refractivity contribution is 5.92. The maximum Gasteiger partial charge on any atom is 0.248 e. The van der Waals surface area contributed by atoms with E-state index in [1.54, 1.807) is 11.9 Å². The predicted molar refractivity (Wildman–Crippen MR) is 81.1 cm³/mol. The molecule has 2 fully saturated rings. The zero-order valence-corrected chi connectivity index (χ0v) is 13.9. The van der Waals surface area contributed by atoms with Crippen LogP contribution in [0.25, 0.3) is 0 Å². The van der Waals surface area contributed by atoms with Crippen molar-refractivity contribution in [3.63, 3.8) is 0 Å². The van der Waals surface area contributed by atoms with Gasteiger partial charge in [0.05, 0.1) is 6.61 Å². The molecule has 2 rings (SSSR count). The average molecular weight is 332 g/mol. The van der Waals surface area contributed by atoms with Gasteiger partial charge in [-0.2, -0.15) is 0 Å². The van der Waals surface area contributed by atoms with Gasteiger partial charge in [0.15, 0.2) is 0 Å². The quantitative estimate of drug-likeness (QED) is 0.837. The van der Waals surface area contributed by atoms with Crippen molar-refractivity contribution in [2.75, 3.05) is 27.3 Å². The van der Waals surface area contributed by atoms with E-state index in [0.717, 1.165) is 6.42 Å². The molecule has 132 valence electrons. The number of rotatable bonds is 5. The monoisotopic (exact) mass is 332 g/mol. The predicted octanol–water partition coefficient (Wildman–Crippen LogP) is 1.96. The number of alkyl halides is 2. The first-order valence-electron chi connectivity index (χ1n) is 8.24. The van der Waals surface area contributed by atoms with Gasteiger partial charge >= 0.3 is 0 Å². The number of hydrogen-bond donors (Lipinski definition) is 1. The average Bonchev–Trinajstić information content (AvgIpc) is 2.94. The van der Waals surface area contributed by atoms with Crippen molar-refractivity contribution in [3.05, 3.63) is 0 Å². The molecule has 0 radical (unpaired) electrons. The molecular formula is C16H26F2N2O3. The third-order valence-corrected chi connectivity index (χ3v) is 5.12. The molecule has 2 aliphatic rings. The van der Waals surface area contributed by atoms with Crippen molar-refractivity contribution in [1.29, 1.82) is 0 Å². The standard InChI is InChI=1S/C16H26F2N2O3/c1-19-14(22)15(11-23-2)6-3-9-20(15)13(21)10-12-4-7-16(17,18)8-5-12/h12H,3-11H2,1-2H3,(H,19,22). The highest BCUT2D eigenvalue weighted by atomic mass is 19.3. The molecule has 0 aromatic rings. The molecule has 1 aliphatic carbocycles. The van der Waals surface area contributed by atoms with Gasteiger partial charge in [-0.15, -0.1) is 0 Å². The van der Waals surface area contributed by atoms with Crippen molar-refractivity contribution >= 4 is 11.8 Å². The second-order valence-corrected chi connectivity index (χ2v) is 6.70. The topological polar surface area (TPSA) is 58.6 Å². The molecule has 0 spiro atoms. The van der Waals surface area contributed by atoms with Crippen molar-refractivity contribution in [3.8, 4) is 0 Å². The molecule has 1 aliphatic heterocycles. The second kappa shape index (κ2) is 7.11. The Morgan fingerprint density at radius 1 is 1.26 bits per heavy atom. The molecule has 0 bridgehead atoms. The fraction of sp³-hybridized carbons (Fsp3) is 0.875. The number of halogens is 2. The number of likely N-dealkylation sites (tertiary alicyclic amines) is 1. The van der Waals surface area contributed by atoms with Crippen LogP contribution < -0.4 is 5.32 Å². The number of methoxy groups -OCH3 is 1. The van der Waals surface area contributed by atoms with Gasteiger partial charge in [0.2, 0.25) is 17.7 Å². The minimum absolute atomic E-state index is 0.0207. The molecule has 1 unspecified atom stereocenters. The van der Waals surface area contributed by atoms with Crippen molar-refractivity contribution in [2.24, 2.45) is 5.92 Å². The van der Waals surface area contributed by atoms with Crippen LogP contribution >= 0.6 is 0 Å². The summed E-state index contributed by atoms with van der Waals surface area (Å²) in [7, 11) is 3.05. The van der Waals surface area contributed by atoms with Crippen LogP contribution in [0, 0.1) is 5.92 Å². The van der Waals surface area contributed by atoms with Gasteiger partial charge in [-0.05, 0) is 31.6 Å². The largest absolute Gasteiger partial charge is 0.382 e. The summed E-state index contributed by atoms with van der Waals surface area (Å²) in [5.74, 6) is -2.96. The Morgan fingerprint density at radius 3 is 2.48 bits per heavy atom. The second-order valence-electron chi connectivity index (χ2n) is 6.70. The van der Waals surface area contributed by atoms with Crippen LogP contribution in [-0.4, -0.2) is 55.5 Å². The Bertz CT molecular complexity index is 449. The van der Waals surface area contributed by atoms with Crippen molar-refractivity contribution < 1.29 is 23.1 Å². The van der Waals surface area contributed by atoms with E-state index in [1.165, 1.54) is 7.11 Å². The number of amides is 2. The smallest absolute Gasteiger partial charge is 0.248 e. The lowest BCUT2D eigenvalue weighted by Crippen LogP contribution is -2.59. The van der Waals surface area contributed by atoms with E-state index in [-0.39, 0.29) is 43.6 Å². The highest BCUT2D eigenvalue weighted by Gasteiger charge is 2.49. The Hall–Kier alpha value is -1.24. The molecular weight excluding hydrogens is 306 g/mol. The van der Waals surface area contributed by atoms with Crippen LogP contribution in [0.4, 0.5) is 8.78 Å². The number of nitrogens with one attached hydrogen (secondary N) is 1. The van der Waals surface area contributed by atoms with E-state index in [1.807, 2.05) is 0 Å². The minimum atomic E-state index is -2.59. The number of carbonyl (C=O) groups excluding carboxylic acids is 2. The number of ether oxygens (including phenoxy) is 1. The van der Waals surface area contributed by atoms with Crippen LogP contribution in [0.2, 0.25) is 0 Å². The van der Waals surface area contributed by atoms with E-state index in [2.05, 4.69) is 5.32 Å². The van der Waals surface area contributed by atoms with Gasteiger partial charge in [-0.1, -0.05) is 0 Å². The normalized spacial score (nSPS) is 27.9. The third kappa shape index (κ3) is 3.82. The van der Waals surface area contributed by atoms with Gasteiger partial charge in [0, 0.05) is 40.0 Å². The Kier molecular flexibility index (Phi) is 5.60. The van der Waals surface area contributed by atoms with E-state index in [0.29, 0.717) is 25.8 Å². The van der Waals surface area contributed by atoms with Crippen LogP contribution in [0.15, 0.2) is 0 Å². The van der Waals surface area contributed by atoms with E-state index in [4.69, 9.17) is 4.74 Å². The summed E-state index contributed by atoms with van der Waals surface area (Å²) in [6.07, 6.45) is 1.97. The maximum atomic E-state index is 13.2. The molecule has 1 saturated heterocycles. The van der Waals surface area contributed by atoms with Gasteiger partial charge in [-0.3, -0.25) is 9.59 Å². The molecule has 1 heterocycles. The summed E-state index contributed by atoms with van der Waals surface area (Å²) in [5, 5.41) is 2.62. The minimum Gasteiger partial charge on any atom is -0.382 e. The van der Waals surface area contributed by atoms with Gasteiger partial charge in [-0.25, -0.2) is 8.78 Å². The number of carbonyl (C=O) groups is 2. The lowest BCUT2D eigenvalue weighted by molar-refractivity contribution is -0.149. The lowest BCUT2D eigenvalue weighted by atomic mass is 9.84. The molecule has 2 amide bonds. The number of nitrogens with zero attached hydrogens (tertiary/aromatic N) is 1. The Labute approximate surface area is 135 Å². The summed E-state index contributed by atoms with van der Waals surface area (Å²) in [5.41, 5.74) is -0.959. The lowest BCUT2D eigenvalue weighted by Gasteiger charge is -2.37. The molecule has 1 atom stereocenters. The zero-order valence-electron chi connectivity index (χ0n) is 13.9. The fourth-order valence-electron chi connectivity index (χ4n) is 3.83. The molecule has 0 aromatic carbocycles. The molecule has 1 N–H and O–H groups in total. The molecule has 5 nitrogen and oxygen atoms in total. The maximum absolute atomic E-state index is 13.2. The van der Waals surface area contributed by atoms with Gasteiger partial charge < -0.3 is 15.0 Å². The summed E-state index contributed by atoms with van der Waals surface area (Å²) >= 11 is 0. The zero-order chi connectivity index (χ0) is 17.1. The Morgan fingerprint density at radius 2 is 1.91 bits per heavy atom. The first-order valence-corrected chi connectivity index (χ1v) is 8.24. The number of hydrogen-bond acceptors (Lipinski definition) is 3. The summed E-state index contributed by atoms with van der Waals surface area (Å²) in [6.45, 7) is 0.666. The van der Waals surface area contributed by atoms with Crippen LogP contribution in [-0.2, 0) is 14.3 Å². The van der Waals surface area contributed by atoms with Gasteiger partial charge in [0.1, 0.15) is 5.54 Å². The molecule has 23 heavy (non-hydrogen) atoms. The first-order chi connectivity index (χ1) is 10.8. The van der Waals surface area contributed by atoms with Crippen LogP contribution in [0.3, 0.4) is 0 Å².